The topological polar surface area (TPSA) is 101 Å². The molecule has 0 aliphatic carbocycles. The third-order valence-corrected chi connectivity index (χ3v) is 4.25. The summed E-state index contributed by atoms with van der Waals surface area (Å²) in [6.45, 7) is 1.83. The van der Waals surface area contributed by atoms with Crippen molar-refractivity contribution in [1.82, 2.24) is 9.88 Å². The lowest BCUT2D eigenvalue weighted by atomic mass is 10.3. The number of hydrogen-bond donors (Lipinski definition) is 1. The number of hydrogen-bond acceptors (Lipinski definition) is 6. The molecule has 128 valence electrons. The molecule has 1 amide bonds. The molecule has 0 spiro atoms. The van der Waals surface area contributed by atoms with Crippen LogP contribution in [0.3, 0.4) is 0 Å². The highest BCUT2D eigenvalue weighted by atomic mass is 32.1. The summed E-state index contributed by atoms with van der Waals surface area (Å²) < 4.78 is 6.29. The van der Waals surface area contributed by atoms with Gasteiger partial charge in [-0.2, -0.15) is 5.26 Å². The number of esters is 1. The lowest BCUT2D eigenvalue weighted by Gasteiger charge is -2.02. The van der Waals surface area contributed by atoms with Gasteiger partial charge in [-0.25, -0.2) is 4.79 Å². The van der Waals surface area contributed by atoms with Gasteiger partial charge in [0, 0.05) is 13.1 Å². The van der Waals surface area contributed by atoms with Crippen LogP contribution >= 0.6 is 11.3 Å². The first-order valence-corrected chi connectivity index (χ1v) is 8.17. The average Bonchev–Trinajstić information content (AvgIpc) is 2.92. The molecule has 0 aliphatic heterocycles. The van der Waals surface area contributed by atoms with Crippen LogP contribution in [0, 0.1) is 11.3 Å². The van der Waals surface area contributed by atoms with Crippen molar-refractivity contribution >= 4 is 34.9 Å². The fraction of sp³-hybridized carbons (Fsp3) is 0.176. The third-order valence-electron chi connectivity index (χ3n) is 3.15. The molecular formula is C17H15N3O4S. The maximum Gasteiger partial charge on any atom is 0.332 e. The fourth-order valence-corrected chi connectivity index (χ4v) is 3.14. The number of benzene rings is 1. The molecule has 1 aromatic carbocycles. The zero-order valence-corrected chi connectivity index (χ0v) is 14.4. The molecular weight excluding hydrogens is 342 g/mol. The maximum atomic E-state index is 12.7. The number of ether oxygens (including phenoxy) is 1. The second-order valence-corrected chi connectivity index (χ2v) is 5.74. The molecule has 0 atom stereocenters. The quantitative estimate of drug-likeness (QED) is 0.755. The Morgan fingerprint density at radius 1 is 1.36 bits per heavy atom. The van der Waals surface area contributed by atoms with E-state index >= 15 is 0 Å². The molecule has 2 aromatic rings. The summed E-state index contributed by atoms with van der Waals surface area (Å²) in [5, 5.41) is 11.7. The van der Waals surface area contributed by atoms with E-state index in [1.165, 1.54) is 11.6 Å². The maximum absolute atomic E-state index is 12.7. The molecule has 2 rings (SSSR count). The Morgan fingerprint density at radius 2 is 2.04 bits per heavy atom. The van der Waals surface area contributed by atoms with Crippen LogP contribution in [0.1, 0.15) is 6.92 Å². The molecule has 0 bridgehead atoms. The molecule has 0 saturated heterocycles. The number of carbonyl (C=O) groups excluding carboxylic acids is 2. The predicted octanol–water partition coefficient (Wildman–Crippen LogP) is -0.337. The first-order valence-electron chi connectivity index (χ1n) is 7.35. The van der Waals surface area contributed by atoms with Crippen LogP contribution < -0.4 is 20.1 Å². The van der Waals surface area contributed by atoms with E-state index in [0.29, 0.717) is 5.69 Å². The molecule has 0 aliphatic rings. The minimum Gasteiger partial charge on any atom is -0.463 e. The van der Waals surface area contributed by atoms with E-state index < -0.39 is 17.4 Å². The van der Waals surface area contributed by atoms with Crippen LogP contribution in [0.4, 0.5) is 0 Å². The summed E-state index contributed by atoms with van der Waals surface area (Å²) >= 11 is 0.885. The normalized spacial score (nSPS) is 12.3. The monoisotopic (exact) mass is 357 g/mol. The summed E-state index contributed by atoms with van der Waals surface area (Å²) in [4.78, 5) is 36.4. The van der Waals surface area contributed by atoms with Crippen molar-refractivity contribution in [2.75, 3.05) is 13.7 Å². The SMILES string of the molecule is CCOC(=O)/C=c1/s/c(=C(/C#N)C(=O)NC)n(-c2ccccc2)c1=O. The van der Waals surface area contributed by atoms with Gasteiger partial charge in [-0.05, 0) is 19.1 Å². The second-order valence-electron chi connectivity index (χ2n) is 4.71. The number of amides is 1. The van der Waals surface area contributed by atoms with E-state index in [9.17, 15) is 19.6 Å². The van der Waals surface area contributed by atoms with Crippen molar-refractivity contribution in [3.05, 3.63) is 49.9 Å². The van der Waals surface area contributed by atoms with E-state index in [1.54, 1.807) is 37.3 Å². The molecule has 25 heavy (non-hydrogen) atoms. The summed E-state index contributed by atoms with van der Waals surface area (Å²) in [5.74, 6) is -1.28. The van der Waals surface area contributed by atoms with Crippen LogP contribution in [-0.4, -0.2) is 30.1 Å². The standard InChI is InChI=1S/C17H15N3O4S/c1-3-24-14(21)9-13-16(23)20(11-7-5-4-6-8-11)17(25-13)12(10-18)15(22)19-2/h4-9H,3H2,1-2H3,(H,19,22)/b13-9+,17-12-. The first kappa shape index (κ1) is 18.2. The number of para-hydroxylation sites is 1. The fourth-order valence-electron chi connectivity index (χ4n) is 2.07. The van der Waals surface area contributed by atoms with Crippen molar-refractivity contribution < 1.29 is 14.3 Å². The molecule has 0 fully saturated rings. The van der Waals surface area contributed by atoms with Gasteiger partial charge in [0.25, 0.3) is 11.5 Å². The smallest absolute Gasteiger partial charge is 0.332 e. The molecule has 1 aromatic heterocycles. The van der Waals surface area contributed by atoms with Crippen molar-refractivity contribution in [3.8, 4) is 11.8 Å². The highest BCUT2D eigenvalue weighted by Crippen LogP contribution is 2.03. The van der Waals surface area contributed by atoms with Crippen LogP contribution in [-0.2, 0) is 14.3 Å². The minimum atomic E-state index is -0.661. The van der Waals surface area contributed by atoms with Gasteiger partial charge in [-0.3, -0.25) is 14.2 Å². The van der Waals surface area contributed by atoms with Crippen molar-refractivity contribution in [2.45, 2.75) is 6.92 Å². The van der Waals surface area contributed by atoms with Crippen molar-refractivity contribution in [3.63, 3.8) is 0 Å². The van der Waals surface area contributed by atoms with Gasteiger partial charge in [0.2, 0.25) is 0 Å². The molecule has 7 nitrogen and oxygen atoms in total. The predicted molar refractivity (Wildman–Crippen MR) is 93.4 cm³/mol. The lowest BCUT2D eigenvalue weighted by molar-refractivity contribution is -0.135. The number of thiazole rings is 1. The Morgan fingerprint density at radius 3 is 2.60 bits per heavy atom. The van der Waals surface area contributed by atoms with E-state index in [2.05, 4.69) is 5.32 Å². The van der Waals surface area contributed by atoms with Crippen LogP contribution in [0.15, 0.2) is 35.1 Å². The van der Waals surface area contributed by atoms with Crippen LogP contribution in [0.5, 0.6) is 0 Å². The van der Waals surface area contributed by atoms with Gasteiger partial charge in [0.1, 0.15) is 15.3 Å². The highest BCUT2D eigenvalue weighted by molar-refractivity contribution is 7.07. The summed E-state index contributed by atoms with van der Waals surface area (Å²) in [6, 6.07) is 10.4. The van der Waals surface area contributed by atoms with Gasteiger partial charge in [-0.15, -0.1) is 11.3 Å². The first-order chi connectivity index (χ1) is 12.0. The molecule has 0 unspecified atom stereocenters. The van der Waals surface area contributed by atoms with Crippen LogP contribution in [0.25, 0.3) is 17.3 Å². The van der Waals surface area contributed by atoms with E-state index in [-0.39, 0.29) is 21.4 Å². The van der Waals surface area contributed by atoms with Gasteiger partial charge in [-0.1, -0.05) is 18.2 Å². The summed E-state index contributed by atoms with van der Waals surface area (Å²) in [6.07, 6.45) is 1.07. The highest BCUT2D eigenvalue weighted by Gasteiger charge is 2.16. The van der Waals surface area contributed by atoms with Gasteiger partial charge in [0.15, 0.2) is 5.57 Å². The summed E-state index contributed by atoms with van der Waals surface area (Å²) in [5.41, 5.74) is -0.230. The van der Waals surface area contributed by atoms with E-state index in [0.717, 1.165) is 17.4 Å². The molecule has 0 radical (unpaired) electrons. The molecule has 1 heterocycles. The number of nitriles is 1. The number of carbonyl (C=O) groups is 2. The Balaban J connectivity index is 2.91. The van der Waals surface area contributed by atoms with Crippen LogP contribution in [0.2, 0.25) is 0 Å². The molecule has 0 saturated carbocycles. The van der Waals surface area contributed by atoms with Gasteiger partial charge < -0.3 is 10.1 Å². The number of aromatic nitrogens is 1. The van der Waals surface area contributed by atoms with Gasteiger partial charge >= 0.3 is 5.97 Å². The number of rotatable bonds is 4. The average molecular weight is 357 g/mol. The summed E-state index contributed by atoms with van der Waals surface area (Å²) in [7, 11) is 1.39. The van der Waals surface area contributed by atoms with Gasteiger partial charge in [0.05, 0.1) is 12.3 Å². The van der Waals surface area contributed by atoms with E-state index in [4.69, 9.17) is 4.74 Å². The Labute approximate surface area is 147 Å². The Bertz CT molecular complexity index is 1010. The third kappa shape index (κ3) is 3.84. The minimum absolute atomic E-state index is 0.0777. The second kappa shape index (κ2) is 8.08. The number of nitrogens with one attached hydrogen (secondary N) is 1. The number of nitrogens with zero attached hydrogens (tertiary/aromatic N) is 2. The van der Waals surface area contributed by atoms with E-state index in [1.807, 2.05) is 6.07 Å². The Hall–Kier alpha value is -3.18. The molecule has 8 heteroatoms. The largest absolute Gasteiger partial charge is 0.463 e. The van der Waals surface area contributed by atoms with Crippen molar-refractivity contribution in [1.29, 1.82) is 5.26 Å². The zero-order chi connectivity index (χ0) is 18.4. The molecule has 1 N–H and O–H groups in total. The lowest BCUT2D eigenvalue weighted by Crippen LogP contribution is -2.33. The zero-order valence-electron chi connectivity index (χ0n) is 13.6. The Kier molecular flexibility index (Phi) is 5.87. The van der Waals surface area contributed by atoms with Crippen molar-refractivity contribution in [2.24, 2.45) is 0 Å².